The van der Waals surface area contributed by atoms with Gasteiger partial charge in [-0.25, -0.2) is 0 Å². The quantitative estimate of drug-likeness (QED) is 0.810. The molecular weight excluding hydrogens is 381 g/mol. The van der Waals surface area contributed by atoms with Gasteiger partial charge in [0.15, 0.2) is 0 Å². The molecule has 0 aromatic heterocycles. The lowest BCUT2D eigenvalue weighted by molar-refractivity contribution is -0.138. The summed E-state index contributed by atoms with van der Waals surface area (Å²) < 4.78 is 0. The van der Waals surface area contributed by atoms with Crippen molar-refractivity contribution >= 4 is 30.7 Å². The first kappa shape index (κ1) is 24.2. The molecule has 0 bridgehead atoms. The Morgan fingerprint density at radius 2 is 1.56 bits per heavy atom. The summed E-state index contributed by atoms with van der Waals surface area (Å²) in [5, 5.41) is 0. The fourth-order valence-electron chi connectivity index (χ4n) is 4.32. The van der Waals surface area contributed by atoms with E-state index in [1.165, 1.54) is 25.7 Å². The minimum atomic E-state index is -0.230. The van der Waals surface area contributed by atoms with Crippen molar-refractivity contribution in [2.75, 3.05) is 26.2 Å². The predicted octanol–water partition coefficient (Wildman–Crippen LogP) is 3.89. The Labute approximate surface area is 176 Å². The number of halogens is 2. The molecule has 1 aliphatic heterocycles. The molecule has 1 aromatic rings. The second kappa shape index (κ2) is 11.3. The Balaban J connectivity index is 0.00000182. The third-order valence-corrected chi connectivity index (χ3v) is 6.24. The largest absolute Gasteiger partial charge is 0.340 e. The normalized spacial score (nSPS) is 25.7. The molecule has 154 valence electrons. The van der Waals surface area contributed by atoms with E-state index >= 15 is 0 Å². The third kappa shape index (κ3) is 6.08. The summed E-state index contributed by atoms with van der Waals surface area (Å²) in [5.74, 6) is 0.914. The molecule has 2 N–H and O–H groups in total. The van der Waals surface area contributed by atoms with Crippen molar-refractivity contribution in [1.82, 2.24) is 9.80 Å². The molecule has 2 aliphatic rings. The van der Waals surface area contributed by atoms with Crippen molar-refractivity contribution in [2.45, 2.75) is 51.6 Å². The maximum atomic E-state index is 12.9. The zero-order chi connectivity index (χ0) is 17.8. The maximum Gasteiger partial charge on any atom is 0.227 e. The highest BCUT2D eigenvalue weighted by molar-refractivity contribution is 5.85. The Bertz CT molecular complexity index is 556. The Hall–Kier alpha value is -0.810. The van der Waals surface area contributed by atoms with Crippen molar-refractivity contribution < 1.29 is 4.79 Å². The van der Waals surface area contributed by atoms with E-state index in [4.69, 9.17) is 5.73 Å². The van der Waals surface area contributed by atoms with Crippen LogP contribution in [-0.2, 0) is 4.79 Å². The average Bonchev–Trinajstić information content (AvgIpc) is 2.67. The van der Waals surface area contributed by atoms with Crippen molar-refractivity contribution in [3.05, 3.63) is 35.9 Å². The van der Waals surface area contributed by atoms with Gasteiger partial charge >= 0.3 is 0 Å². The Morgan fingerprint density at radius 3 is 2.11 bits per heavy atom. The lowest BCUT2D eigenvalue weighted by Crippen LogP contribution is -2.54. The van der Waals surface area contributed by atoms with Crippen molar-refractivity contribution in [2.24, 2.45) is 17.6 Å². The molecule has 2 fully saturated rings. The van der Waals surface area contributed by atoms with Gasteiger partial charge in [0.2, 0.25) is 5.91 Å². The van der Waals surface area contributed by atoms with Crippen LogP contribution < -0.4 is 5.73 Å². The molecule has 1 saturated carbocycles. The number of nitrogens with two attached hydrogens (primary N) is 1. The van der Waals surface area contributed by atoms with E-state index in [1.807, 2.05) is 42.2 Å². The first-order chi connectivity index (χ1) is 12.1. The molecular formula is C21H35Cl2N3O. The lowest BCUT2D eigenvalue weighted by Gasteiger charge is -2.42. The van der Waals surface area contributed by atoms with Gasteiger partial charge in [0.05, 0.1) is 5.92 Å². The van der Waals surface area contributed by atoms with Crippen LogP contribution in [0.2, 0.25) is 0 Å². The van der Waals surface area contributed by atoms with E-state index in [-0.39, 0.29) is 42.7 Å². The number of carbonyl (C=O) groups is 1. The van der Waals surface area contributed by atoms with Gasteiger partial charge in [-0.1, -0.05) is 44.2 Å². The summed E-state index contributed by atoms with van der Waals surface area (Å²) in [7, 11) is 0. The number of hydrogen-bond acceptors (Lipinski definition) is 3. The first-order valence-electron chi connectivity index (χ1n) is 9.89. The fraction of sp³-hybridized carbons (Fsp3) is 0.667. The van der Waals surface area contributed by atoms with Crippen LogP contribution in [0.4, 0.5) is 0 Å². The summed E-state index contributed by atoms with van der Waals surface area (Å²) in [5.41, 5.74) is 7.39. The molecule has 1 heterocycles. The van der Waals surface area contributed by atoms with Gasteiger partial charge in [0, 0.05) is 38.3 Å². The maximum absolute atomic E-state index is 12.9. The van der Waals surface area contributed by atoms with Crippen LogP contribution in [-0.4, -0.2) is 47.9 Å². The molecule has 0 spiro atoms. The molecule has 3 rings (SSSR count). The van der Waals surface area contributed by atoms with Crippen molar-refractivity contribution in [1.29, 1.82) is 0 Å². The van der Waals surface area contributed by atoms with Crippen LogP contribution in [0.15, 0.2) is 30.3 Å². The Morgan fingerprint density at radius 1 is 1.00 bits per heavy atom. The van der Waals surface area contributed by atoms with Gasteiger partial charge in [0.25, 0.3) is 0 Å². The molecule has 2 atom stereocenters. The van der Waals surface area contributed by atoms with E-state index in [2.05, 4.69) is 11.8 Å². The summed E-state index contributed by atoms with van der Waals surface area (Å²) in [6.07, 6.45) is 5.36. The smallest absolute Gasteiger partial charge is 0.227 e. The van der Waals surface area contributed by atoms with Crippen LogP contribution in [0.3, 0.4) is 0 Å². The van der Waals surface area contributed by atoms with Crippen LogP contribution in [0.25, 0.3) is 0 Å². The van der Waals surface area contributed by atoms with Crippen LogP contribution in [0, 0.1) is 11.8 Å². The minimum absolute atomic E-state index is 0. The van der Waals surface area contributed by atoms with E-state index < -0.39 is 0 Å². The number of benzene rings is 1. The Kier molecular flexibility index (Phi) is 10.1. The number of carbonyl (C=O) groups excluding carboxylic acids is 1. The standard InChI is InChI=1S/C21H33N3O.2ClH/c1-16-8-10-19(11-9-16)23-12-14-24(15-13-23)21(25)17(2)20(22)18-6-4-3-5-7-18;;/h3-7,16-17,19-20H,8-15,22H2,1-2H3;2*1H. The summed E-state index contributed by atoms with van der Waals surface area (Å²) >= 11 is 0. The lowest BCUT2D eigenvalue weighted by atomic mass is 9.86. The molecule has 1 amide bonds. The van der Waals surface area contributed by atoms with E-state index in [0.29, 0.717) is 0 Å². The topological polar surface area (TPSA) is 49.6 Å². The van der Waals surface area contributed by atoms with E-state index in [0.717, 1.165) is 43.7 Å². The summed E-state index contributed by atoms with van der Waals surface area (Å²) in [6.45, 7) is 8.04. The molecule has 0 radical (unpaired) electrons. The van der Waals surface area contributed by atoms with Gasteiger partial charge in [-0.05, 0) is 37.2 Å². The minimum Gasteiger partial charge on any atom is -0.340 e. The molecule has 1 aliphatic carbocycles. The molecule has 6 heteroatoms. The van der Waals surface area contributed by atoms with Gasteiger partial charge in [0.1, 0.15) is 0 Å². The van der Waals surface area contributed by atoms with Crippen LogP contribution >= 0.6 is 24.8 Å². The number of rotatable bonds is 4. The monoisotopic (exact) mass is 415 g/mol. The highest BCUT2D eigenvalue weighted by atomic mass is 35.5. The zero-order valence-electron chi connectivity index (χ0n) is 16.5. The summed E-state index contributed by atoms with van der Waals surface area (Å²) in [6, 6.07) is 10.5. The number of amides is 1. The molecule has 1 aromatic carbocycles. The zero-order valence-corrected chi connectivity index (χ0v) is 18.2. The highest BCUT2D eigenvalue weighted by Gasteiger charge is 2.31. The average molecular weight is 416 g/mol. The van der Waals surface area contributed by atoms with Gasteiger partial charge in [-0.3, -0.25) is 9.69 Å². The molecule has 27 heavy (non-hydrogen) atoms. The van der Waals surface area contributed by atoms with Crippen LogP contribution in [0.1, 0.15) is 51.1 Å². The SMILES string of the molecule is CC1CCC(N2CCN(C(=O)C(C)C(N)c3ccccc3)CC2)CC1.Cl.Cl. The predicted molar refractivity (Wildman–Crippen MR) is 117 cm³/mol. The summed E-state index contributed by atoms with van der Waals surface area (Å²) in [4.78, 5) is 17.5. The second-order valence-corrected chi connectivity index (χ2v) is 8.00. The van der Waals surface area contributed by atoms with Crippen molar-refractivity contribution in [3.63, 3.8) is 0 Å². The number of hydrogen-bond donors (Lipinski definition) is 1. The number of piperazine rings is 1. The van der Waals surface area contributed by atoms with Crippen molar-refractivity contribution in [3.8, 4) is 0 Å². The number of nitrogens with zero attached hydrogens (tertiary/aromatic N) is 2. The van der Waals surface area contributed by atoms with Gasteiger partial charge in [-0.2, -0.15) is 0 Å². The first-order valence-corrected chi connectivity index (χ1v) is 9.89. The van der Waals surface area contributed by atoms with E-state index in [1.54, 1.807) is 0 Å². The molecule has 2 unspecified atom stereocenters. The van der Waals surface area contributed by atoms with Crippen LogP contribution in [0.5, 0.6) is 0 Å². The van der Waals surface area contributed by atoms with E-state index in [9.17, 15) is 4.79 Å². The highest BCUT2D eigenvalue weighted by Crippen LogP contribution is 2.28. The second-order valence-electron chi connectivity index (χ2n) is 8.00. The van der Waals surface area contributed by atoms with Gasteiger partial charge < -0.3 is 10.6 Å². The molecule has 1 saturated heterocycles. The fourth-order valence-corrected chi connectivity index (χ4v) is 4.32. The molecule has 4 nitrogen and oxygen atoms in total. The third-order valence-electron chi connectivity index (χ3n) is 6.24. The van der Waals surface area contributed by atoms with Gasteiger partial charge in [-0.15, -0.1) is 24.8 Å².